The number of hydrogen-bond donors (Lipinski definition) is 1. The molecule has 3 heterocycles. The highest BCUT2D eigenvalue weighted by Gasteiger charge is 2.35. The second-order valence-corrected chi connectivity index (χ2v) is 10.9. The number of unbranched alkanes of at least 4 members (excludes halogenated alkanes) is 1. The maximum atomic E-state index is 10.5. The Kier molecular flexibility index (Phi) is 7.80. The van der Waals surface area contributed by atoms with Gasteiger partial charge in [0.05, 0.1) is 18.2 Å². The van der Waals surface area contributed by atoms with Gasteiger partial charge < -0.3 is 9.84 Å². The Bertz CT molecular complexity index is 893. The molecular formula is C29H41N3O2. The summed E-state index contributed by atoms with van der Waals surface area (Å²) in [5.74, 6) is 2.27. The monoisotopic (exact) mass is 463 g/mol. The van der Waals surface area contributed by atoms with Crippen molar-refractivity contribution < 1.29 is 9.84 Å². The Balaban J connectivity index is 1.06. The van der Waals surface area contributed by atoms with E-state index in [0.717, 1.165) is 49.7 Å². The second-order valence-electron chi connectivity index (χ2n) is 10.9. The number of ether oxygens (including phenoxy) is 1. The maximum Gasteiger partial charge on any atom is 0.107 e. The number of nitrogens with zero attached hydrogens (tertiary/aromatic N) is 3. The lowest BCUT2D eigenvalue weighted by molar-refractivity contribution is 0.0512. The third-order valence-electron chi connectivity index (χ3n) is 8.57. The SMILES string of the molecule is C=C(O)C(c1cccnc1C1CCC1)N1CC[C@@H](OCCCC[C@@H]2CCC3C=CC=NC3C2)C1. The van der Waals surface area contributed by atoms with E-state index >= 15 is 0 Å². The molecule has 3 unspecified atom stereocenters. The lowest BCUT2D eigenvalue weighted by atomic mass is 9.76. The summed E-state index contributed by atoms with van der Waals surface area (Å²) in [6.45, 7) is 6.54. The van der Waals surface area contributed by atoms with Crippen molar-refractivity contribution in [2.24, 2.45) is 16.8 Å². The highest BCUT2D eigenvalue weighted by molar-refractivity contribution is 5.72. The molecule has 4 aliphatic rings. The number of rotatable bonds is 10. The molecule has 1 N–H and O–H groups in total. The molecule has 5 rings (SSSR count). The highest BCUT2D eigenvalue weighted by atomic mass is 16.5. The summed E-state index contributed by atoms with van der Waals surface area (Å²) in [6.07, 6.45) is 20.9. The van der Waals surface area contributed by atoms with Crippen LogP contribution in [0.5, 0.6) is 0 Å². The van der Waals surface area contributed by atoms with E-state index in [1.807, 2.05) is 18.5 Å². The lowest BCUT2D eigenvalue weighted by Crippen LogP contribution is -2.31. The molecule has 2 aliphatic heterocycles. The number of aliphatic hydroxyl groups is 1. The minimum atomic E-state index is -0.176. The maximum absolute atomic E-state index is 10.5. The summed E-state index contributed by atoms with van der Waals surface area (Å²) in [7, 11) is 0. The van der Waals surface area contributed by atoms with E-state index < -0.39 is 0 Å². The van der Waals surface area contributed by atoms with E-state index in [0.29, 0.717) is 17.9 Å². The predicted molar refractivity (Wildman–Crippen MR) is 137 cm³/mol. The number of aliphatic imine (C=N–C) groups is 1. The molecule has 34 heavy (non-hydrogen) atoms. The van der Waals surface area contributed by atoms with E-state index in [1.54, 1.807) is 0 Å². The Morgan fingerprint density at radius 1 is 1.21 bits per heavy atom. The summed E-state index contributed by atoms with van der Waals surface area (Å²) >= 11 is 0. The molecule has 1 aromatic heterocycles. The first-order chi connectivity index (χ1) is 16.7. The van der Waals surface area contributed by atoms with Crippen molar-refractivity contribution in [2.75, 3.05) is 19.7 Å². The van der Waals surface area contributed by atoms with Gasteiger partial charge in [0, 0.05) is 43.7 Å². The van der Waals surface area contributed by atoms with Crippen molar-refractivity contribution >= 4 is 6.21 Å². The zero-order chi connectivity index (χ0) is 23.3. The fraction of sp³-hybridized carbons (Fsp3) is 0.655. The molecule has 0 amide bonds. The van der Waals surface area contributed by atoms with Gasteiger partial charge >= 0.3 is 0 Å². The van der Waals surface area contributed by atoms with Gasteiger partial charge in [-0.1, -0.05) is 38.0 Å². The third kappa shape index (κ3) is 5.46. The van der Waals surface area contributed by atoms with Gasteiger partial charge in [0.15, 0.2) is 0 Å². The molecular weight excluding hydrogens is 422 g/mol. The topological polar surface area (TPSA) is 58.0 Å². The molecule has 184 valence electrons. The van der Waals surface area contributed by atoms with Crippen LogP contribution in [0.15, 0.2) is 47.8 Å². The molecule has 0 spiro atoms. The van der Waals surface area contributed by atoms with Crippen LogP contribution in [0.2, 0.25) is 0 Å². The molecule has 2 saturated carbocycles. The molecule has 5 atom stereocenters. The van der Waals surface area contributed by atoms with Gasteiger partial charge in [-0.3, -0.25) is 14.9 Å². The first-order valence-corrected chi connectivity index (χ1v) is 13.6. The Labute approximate surface area is 205 Å². The van der Waals surface area contributed by atoms with Crippen LogP contribution in [0.25, 0.3) is 0 Å². The van der Waals surface area contributed by atoms with E-state index in [-0.39, 0.29) is 17.9 Å². The zero-order valence-corrected chi connectivity index (χ0v) is 20.5. The molecule has 2 aliphatic carbocycles. The minimum Gasteiger partial charge on any atom is -0.511 e. The van der Waals surface area contributed by atoms with Crippen molar-refractivity contribution in [1.82, 2.24) is 9.88 Å². The normalized spacial score (nSPS) is 30.1. The van der Waals surface area contributed by atoms with Crippen LogP contribution in [0.1, 0.15) is 87.4 Å². The van der Waals surface area contributed by atoms with E-state index in [9.17, 15) is 5.11 Å². The molecule has 0 bridgehead atoms. The number of aromatic nitrogens is 1. The molecule has 5 heteroatoms. The largest absolute Gasteiger partial charge is 0.511 e. The number of dihydropyridines is 1. The van der Waals surface area contributed by atoms with Crippen molar-refractivity contribution in [3.05, 3.63) is 54.1 Å². The fourth-order valence-electron chi connectivity index (χ4n) is 6.45. The summed E-state index contributed by atoms with van der Waals surface area (Å²) in [4.78, 5) is 11.7. The summed E-state index contributed by atoms with van der Waals surface area (Å²) in [5.41, 5.74) is 2.29. The van der Waals surface area contributed by atoms with Gasteiger partial charge in [-0.2, -0.15) is 0 Å². The van der Waals surface area contributed by atoms with E-state index in [1.165, 1.54) is 51.4 Å². The van der Waals surface area contributed by atoms with Gasteiger partial charge in [-0.25, -0.2) is 0 Å². The Hall–Kier alpha value is -1.98. The number of aliphatic hydroxyl groups excluding tert-OH is 1. The average Bonchev–Trinajstić information content (AvgIpc) is 3.27. The van der Waals surface area contributed by atoms with Crippen LogP contribution >= 0.6 is 0 Å². The number of allylic oxidation sites excluding steroid dienone is 1. The standard InChI is InChI=1S/C29H41N3O2/c1-21(33)29(26-11-6-16-31-28(26)24-8-4-9-24)32-17-14-25(20-32)34-18-3-2-7-22-12-13-23-10-5-15-30-27(23)19-22/h5-6,10-11,15-16,22-25,27,29,33H,1-4,7-9,12-14,17-20H2/t22-,23?,25-,27?,29?/m1/s1. The van der Waals surface area contributed by atoms with Gasteiger partial charge in [0.25, 0.3) is 0 Å². The molecule has 0 aromatic carbocycles. The number of likely N-dealkylation sites (tertiary alicyclic amines) is 1. The number of hydrogen-bond acceptors (Lipinski definition) is 5. The third-order valence-corrected chi connectivity index (χ3v) is 8.57. The van der Waals surface area contributed by atoms with Gasteiger partial charge in [0.2, 0.25) is 0 Å². The Morgan fingerprint density at radius 2 is 2.12 bits per heavy atom. The average molecular weight is 464 g/mol. The van der Waals surface area contributed by atoms with Crippen LogP contribution < -0.4 is 0 Å². The van der Waals surface area contributed by atoms with Crippen molar-refractivity contribution in [3.8, 4) is 0 Å². The molecule has 0 radical (unpaired) electrons. The summed E-state index contributed by atoms with van der Waals surface area (Å²) in [5, 5.41) is 10.5. The number of fused-ring (bicyclic) bond motifs is 1. The molecule has 1 saturated heterocycles. The highest BCUT2D eigenvalue weighted by Crippen LogP contribution is 2.41. The molecule has 5 nitrogen and oxygen atoms in total. The molecule has 1 aromatic rings. The van der Waals surface area contributed by atoms with E-state index in [2.05, 4.69) is 29.7 Å². The minimum absolute atomic E-state index is 0.176. The summed E-state index contributed by atoms with van der Waals surface area (Å²) in [6, 6.07) is 4.47. The quantitative estimate of drug-likeness (QED) is 0.334. The number of pyridine rings is 1. The first kappa shape index (κ1) is 23.7. The predicted octanol–water partition coefficient (Wildman–Crippen LogP) is 6.15. The zero-order valence-electron chi connectivity index (χ0n) is 20.5. The van der Waals surface area contributed by atoms with Gasteiger partial charge in [0.1, 0.15) is 5.76 Å². The van der Waals surface area contributed by atoms with E-state index in [4.69, 9.17) is 14.7 Å². The van der Waals surface area contributed by atoms with Crippen LogP contribution in [0.4, 0.5) is 0 Å². The lowest BCUT2D eigenvalue weighted by Gasteiger charge is -2.33. The van der Waals surface area contributed by atoms with Crippen LogP contribution in [0.3, 0.4) is 0 Å². The Morgan fingerprint density at radius 3 is 2.94 bits per heavy atom. The van der Waals surface area contributed by atoms with Crippen LogP contribution in [-0.4, -0.2) is 53.0 Å². The van der Waals surface area contributed by atoms with Crippen molar-refractivity contribution in [1.29, 1.82) is 0 Å². The second kappa shape index (κ2) is 11.2. The van der Waals surface area contributed by atoms with Gasteiger partial charge in [-0.15, -0.1) is 0 Å². The van der Waals surface area contributed by atoms with Gasteiger partial charge in [-0.05, 0) is 74.5 Å². The fourth-order valence-corrected chi connectivity index (χ4v) is 6.45. The summed E-state index contributed by atoms with van der Waals surface area (Å²) < 4.78 is 6.28. The van der Waals surface area contributed by atoms with Crippen LogP contribution in [-0.2, 0) is 4.74 Å². The van der Waals surface area contributed by atoms with Crippen molar-refractivity contribution in [3.63, 3.8) is 0 Å². The van der Waals surface area contributed by atoms with Crippen molar-refractivity contribution in [2.45, 2.75) is 88.3 Å². The first-order valence-electron chi connectivity index (χ1n) is 13.6. The molecule has 3 fully saturated rings. The smallest absolute Gasteiger partial charge is 0.107 e. The van der Waals surface area contributed by atoms with Crippen LogP contribution in [0, 0.1) is 11.8 Å².